The van der Waals surface area contributed by atoms with Crippen LogP contribution in [0.4, 0.5) is 0 Å². The van der Waals surface area contributed by atoms with E-state index in [1.165, 1.54) is 0 Å². The molecular formula is C17H16N2O4Se. The number of phenols is 1. The third-order valence-electron chi connectivity index (χ3n) is 3.57. The second-order valence-corrected chi connectivity index (χ2v) is 6.03. The minimum absolute atomic E-state index is 0.205. The normalized spacial score (nSPS) is 10.5. The summed E-state index contributed by atoms with van der Waals surface area (Å²) >= 11 is -0.205. The Morgan fingerprint density at radius 1 is 0.792 bits per heavy atom. The zero-order chi connectivity index (χ0) is 17.1. The number of aromatic nitrogens is 2. The first kappa shape index (κ1) is 16.4. The Balaban J connectivity index is 2.14. The molecule has 0 fully saturated rings. The van der Waals surface area contributed by atoms with Crippen molar-refractivity contribution in [2.24, 2.45) is 0 Å². The molecule has 7 heteroatoms. The van der Waals surface area contributed by atoms with Crippen molar-refractivity contribution in [3.05, 3.63) is 36.4 Å². The first-order valence-corrected chi connectivity index (χ1v) is 8.63. The molecule has 0 radical (unpaired) electrons. The molecule has 0 spiro atoms. The van der Waals surface area contributed by atoms with Crippen molar-refractivity contribution in [3.63, 3.8) is 0 Å². The fourth-order valence-corrected chi connectivity index (χ4v) is 3.64. The first-order chi connectivity index (χ1) is 11.7. The average molecular weight is 391 g/mol. The summed E-state index contributed by atoms with van der Waals surface area (Å²) in [5.74, 6) is 1.89. The molecule has 0 bridgehead atoms. The van der Waals surface area contributed by atoms with Crippen molar-refractivity contribution in [1.82, 2.24) is 7.96 Å². The summed E-state index contributed by atoms with van der Waals surface area (Å²) in [4.78, 5) is 0. The molecular weight excluding hydrogens is 375 g/mol. The summed E-state index contributed by atoms with van der Waals surface area (Å²) in [6.07, 6.45) is 0. The van der Waals surface area contributed by atoms with Crippen LogP contribution in [0.1, 0.15) is 0 Å². The van der Waals surface area contributed by atoms with Crippen molar-refractivity contribution in [2.75, 3.05) is 21.3 Å². The molecule has 0 aliphatic heterocycles. The molecule has 0 aliphatic carbocycles. The maximum absolute atomic E-state index is 9.46. The van der Waals surface area contributed by atoms with Gasteiger partial charge in [0.1, 0.15) is 0 Å². The third kappa shape index (κ3) is 2.96. The van der Waals surface area contributed by atoms with Crippen LogP contribution in [0.3, 0.4) is 0 Å². The first-order valence-electron chi connectivity index (χ1n) is 7.10. The molecule has 0 aliphatic rings. The van der Waals surface area contributed by atoms with Gasteiger partial charge in [0.15, 0.2) is 0 Å². The summed E-state index contributed by atoms with van der Waals surface area (Å²) in [5.41, 5.74) is 3.32. The number of rotatable bonds is 5. The molecule has 24 heavy (non-hydrogen) atoms. The number of hydrogen-bond acceptors (Lipinski definition) is 6. The number of nitrogens with zero attached hydrogens (tertiary/aromatic N) is 2. The van der Waals surface area contributed by atoms with Crippen LogP contribution in [-0.4, -0.2) is 49.4 Å². The van der Waals surface area contributed by atoms with E-state index in [2.05, 4.69) is 7.96 Å². The Labute approximate surface area is 145 Å². The predicted molar refractivity (Wildman–Crippen MR) is 91.2 cm³/mol. The SMILES string of the molecule is COc1cc(-c2n[se]nc2-c2ccc(O)cc2)cc(OC)c1OC. The van der Waals surface area contributed by atoms with Gasteiger partial charge in [0.2, 0.25) is 0 Å². The Morgan fingerprint density at radius 3 is 1.83 bits per heavy atom. The summed E-state index contributed by atoms with van der Waals surface area (Å²) < 4.78 is 25.3. The Kier molecular flexibility index (Phi) is 4.73. The summed E-state index contributed by atoms with van der Waals surface area (Å²) in [6.45, 7) is 0. The van der Waals surface area contributed by atoms with E-state index in [4.69, 9.17) is 14.2 Å². The Morgan fingerprint density at radius 2 is 1.33 bits per heavy atom. The fourth-order valence-electron chi connectivity index (χ4n) is 2.40. The van der Waals surface area contributed by atoms with E-state index in [1.807, 2.05) is 24.3 Å². The van der Waals surface area contributed by atoms with Crippen molar-refractivity contribution < 1.29 is 19.3 Å². The number of aromatic hydroxyl groups is 1. The van der Waals surface area contributed by atoms with Gasteiger partial charge in [-0.15, -0.1) is 0 Å². The van der Waals surface area contributed by atoms with Gasteiger partial charge in [-0.1, -0.05) is 0 Å². The van der Waals surface area contributed by atoms with Crippen molar-refractivity contribution in [1.29, 1.82) is 0 Å². The molecule has 0 atom stereocenters. The van der Waals surface area contributed by atoms with Gasteiger partial charge < -0.3 is 0 Å². The number of hydrogen-bond donors (Lipinski definition) is 1. The Bertz CT molecular complexity index is 821. The van der Waals surface area contributed by atoms with Gasteiger partial charge in [0.05, 0.1) is 0 Å². The second kappa shape index (κ2) is 6.95. The molecule has 1 N–H and O–H groups in total. The number of phenolic OH excluding ortho intramolecular Hbond substituents is 1. The molecule has 1 aromatic heterocycles. The van der Waals surface area contributed by atoms with E-state index in [9.17, 15) is 5.11 Å². The quantitative estimate of drug-likeness (QED) is 0.674. The van der Waals surface area contributed by atoms with Crippen molar-refractivity contribution >= 4 is 15.0 Å². The summed E-state index contributed by atoms with van der Waals surface area (Å²) in [5, 5.41) is 9.46. The third-order valence-corrected chi connectivity index (χ3v) is 4.68. The van der Waals surface area contributed by atoms with Crippen LogP contribution in [0.15, 0.2) is 36.4 Å². The molecule has 1 heterocycles. The molecule has 124 valence electrons. The standard InChI is InChI=1S/C17H16N2O4Se/c1-21-13-8-11(9-14(22-2)17(13)23-3)16-15(18-24-19-16)10-4-6-12(20)7-5-10/h4-9,20H,1-3H3. The second-order valence-electron chi connectivity index (χ2n) is 4.92. The predicted octanol–water partition coefficient (Wildman–Crippen LogP) is 2.60. The van der Waals surface area contributed by atoms with Gasteiger partial charge in [0.25, 0.3) is 0 Å². The van der Waals surface area contributed by atoms with Crippen molar-refractivity contribution in [3.8, 4) is 45.5 Å². The number of methoxy groups -OCH3 is 3. The molecule has 6 nitrogen and oxygen atoms in total. The fraction of sp³-hybridized carbons (Fsp3) is 0.176. The van der Waals surface area contributed by atoms with Gasteiger partial charge in [0, 0.05) is 0 Å². The van der Waals surface area contributed by atoms with E-state index < -0.39 is 0 Å². The number of ether oxygens (including phenoxy) is 3. The molecule has 2 aromatic carbocycles. The van der Waals surface area contributed by atoms with Crippen LogP contribution in [-0.2, 0) is 0 Å². The van der Waals surface area contributed by atoms with Crippen LogP contribution in [0.2, 0.25) is 0 Å². The van der Waals surface area contributed by atoms with E-state index in [0.717, 1.165) is 22.5 Å². The van der Waals surface area contributed by atoms with Crippen LogP contribution in [0.5, 0.6) is 23.0 Å². The molecule has 0 amide bonds. The molecule has 0 saturated heterocycles. The zero-order valence-electron chi connectivity index (χ0n) is 13.4. The van der Waals surface area contributed by atoms with E-state index in [1.54, 1.807) is 33.5 Å². The van der Waals surface area contributed by atoms with Crippen molar-refractivity contribution in [2.45, 2.75) is 0 Å². The van der Waals surface area contributed by atoms with Crippen LogP contribution in [0.25, 0.3) is 22.5 Å². The van der Waals surface area contributed by atoms with Gasteiger partial charge in [-0.2, -0.15) is 0 Å². The molecule has 0 saturated carbocycles. The van der Waals surface area contributed by atoms with Crippen LogP contribution < -0.4 is 14.2 Å². The Hall–Kier alpha value is -2.50. The zero-order valence-corrected chi connectivity index (χ0v) is 15.2. The van der Waals surface area contributed by atoms with Gasteiger partial charge in [-0.25, -0.2) is 0 Å². The summed E-state index contributed by atoms with van der Waals surface area (Å²) in [7, 11) is 4.73. The van der Waals surface area contributed by atoms with E-state index in [0.29, 0.717) is 17.2 Å². The monoisotopic (exact) mass is 392 g/mol. The van der Waals surface area contributed by atoms with Crippen LogP contribution in [0, 0.1) is 0 Å². The topological polar surface area (TPSA) is 73.7 Å². The van der Waals surface area contributed by atoms with Crippen LogP contribution >= 0.6 is 0 Å². The van der Waals surface area contributed by atoms with Gasteiger partial charge in [-0.05, 0) is 0 Å². The van der Waals surface area contributed by atoms with Gasteiger partial charge in [-0.3, -0.25) is 0 Å². The van der Waals surface area contributed by atoms with E-state index in [-0.39, 0.29) is 20.7 Å². The molecule has 3 aromatic rings. The minimum atomic E-state index is -0.205. The van der Waals surface area contributed by atoms with E-state index >= 15 is 0 Å². The maximum atomic E-state index is 9.46. The summed E-state index contributed by atoms with van der Waals surface area (Å²) in [6, 6.07) is 10.6. The molecule has 0 unspecified atom stereocenters. The number of benzene rings is 2. The van der Waals surface area contributed by atoms with Gasteiger partial charge >= 0.3 is 145 Å². The molecule has 3 rings (SSSR count). The average Bonchev–Trinajstić information content (AvgIpc) is 3.10.